The number of halogens is 6. The summed E-state index contributed by atoms with van der Waals surface area (Å²) in [6, 6.07) is 7.66. The third-order valence-electron chi connectivity index (χ3n) is 8.96. The molecule has 2 aliphatic heterocycles. The Hall–Kier alpha value is -2.49. The molecule has 0 unspecified atom stereocenters. The maximum atomic E-state index is 13.7. The molecule has 0 radical (unpaired) electrons. The fourth-order valence-corrected chi connectivity index (χ4v) is 6.56. The highest BCUT2D eigenvalue weighted by Crippen LogP contribution is 2.47. The van der Waals surface area contributed by atoms with E-state index in [9.17, 15) is 27.6 Å². The molecular weight excluding hydrogens is 614 g/mol. The van der Waals surface area contributed by atoms with Crippen LogP contribution in [0, 0.1) is 11.3 Å². The Morgan fingerprint density at radius 2 is 1.55 bits per heavy atom. The van der Waals surface area contributed by atoms with E-state index in [1.54, 1.807) is 23.1 Å². The molecule has 0 bridgehead atoms. The largest absolute Gasteiger partial charge is 0.417 e. The first-order valence-electron chi connectivity index (χ1n) is 13.9. The predicted molar refractivity (Wildman–Crippen MR) is 155 cm³/mol. The number of hydrogen-bond donors (Lipinski definition) is 0. The van der Waals surface area contributed by atoms with Crippen LogP contribution in [0.25, 0.3) is 0 Å². The first-order chi connectivity index (χ1) is 19.7. The lowest BCUT2D eigenvalue weighted by atomic mass is 9.93. The molecule has 6 nitrogen and oxygen atoms in total. The van der Waals surface area contributed by atoms with Gasteiger partial charge in [0.1, 0.15) is 0 Å². The van der Waals surface area contributed by atoms with Crippen molar-refractivity contribution in [2.45, 2.75) is 50.7 Å². The highest BCUT2D eigenvalue weighted by Gasteiger charge is 2.48. The number of carbonyl (C=O) groups excluding carboxylic acids is 3. The number of nitrogens with zero attached hydrogens (tertiary/aromatic N) is 3. The molecule has 3 aliphatic rings. The fraction of sp³-hybridized carbons (Fsp3) is 0.500. The van der Waals surface area contributed by atoms with Crippen molar-refractivity contribution in [1.29, 1.82) is 0 Å². The van der Waals surface area contributed by atoms with Gasteiger partial charge in [0, 0.05) is 56.0 Å². The summed E-state index contributed by atoms with van der Waals surface area (Å²) < 4.78 is 40.5. The first-order valence-corrected chi connectivity index (χ1v) is 15.0. The van der Waals surface area contributed by atoms with Crippen LogP contribution in [0.5, 0.6) is 0 Å². The van der Waals surface area contributed by atoms with Crippen molar-refractivity contribution in [1.82, 2.24) is 14.7 Å². The normalized spacial score (nSPS) is 22.3. The van der Waals surface area contributed by atoms with Crippen LogP contribution < -0.4 is 0 Å². The quantitative estimate of drug-likeness (QED) is 0.361. The summed E-state index contributed by atoms with van der Waals surface area (Å²) in [4.78, 5) is 45.0. The minimum atomic E-state index is -4.72. The van der Waals surface area contributed by atoms with Crippen LogP contribution >= 0.6 is 34.8 Å². The van der Waals surface area contributed by atoms with Crippen molar-refractivity contribution in [3.8, 4) is 0 Å². The molecule has 3 amide bonds. The van der Waals surface area contributed by atoms with E-state index < -0.39 is 28.7 Å². The summed E-state index contributed by atoms with van der Waals surface area (Å²) in [6.07, 6.45) is -1.81. The van der Waals surface area contributed by atoms with Crippen molar-refractivity contribution < 1.29 is 27.6 Å². The van der Waals surface area contributed by atoms with Gasteiger partial charge < -0.3 is 14.7 Å². The van der Waals surface area contributed by atoms with E-state index in [4.69, 9.17) is 34.8 Å². The second-order valence-corrected chi connectivity index (χ2v) is 13.0. The van der Waals surface area contributed by atoms with Gasteiger partial charge in [-0.2, -0.15) is 13.2 Å². The molecule has 226 valence electrons. The third-order valence-corrected chi connectivity index (χ3v) is 10.0. The lowest BCUT2D eigenvalue weighted by Crippen LogP contribution is -2.46. The summed E-state index contributed by atoms with van der Waals surface area (Å²) in [6.45, 7) is 3.52. The van der Waals surface area contributed by atoms with Gasteiger partial charge >= 0.3 is 6.18 Å². The summed E-state index contributed by atoms with van der Waals surface area (Å²) >= 11 is 18.2. The minimum absolute atomic E-state index is 0.0565. The smallest absolute Gasteiger partial charge is 0.342 e. The minimum Gasteiger partial charge on any atom is -0.342 e. The van der Waals surface area contributed by atoms with Crippen LogP contribution in [0.15, 0.2) is 36.4 Å². The van der Waals surface area contributed by atoms with E-state index in [0.717, 1.165) is 30.5 Å². The topological polar surface area (TPSA) is 60.9 Å². The van der Waals surface area contributed by atoms with E-state index in [1.807, 2.05) is 11.8 Å². The average molecular weight is 645 g/mol. The molecule has 3 fully saturated rings. The Kier molecular flexibility index (Phi) is 8.51. The molecule has 2 heterocycles. The number of benzene rings is 2. The van der Waals surface area contributed by atoms with Crippen LogP contribution in [-0.4, -0.2) is 71.7 Å². The molecule has 5 rings (SSSR count). The number of alkyl halides is 3. The number of likely N-dealkylation sites (N-methyl/N-ethyl adjacent to an activating group) is 1. The van der Waals surface area contributed by atoms with Gasteiger partial charge in [-0.05, 0) is 61.6 Å². The number of hydrogen-bond acceptors (Lipinski definition) is 3. The SMILES string of the molecule is CN(C(=O)c1ccc(Cl)c(C(F)(F)F)c1)[C@@H]1CN(C(=O)C2CCN(C(=O)C3(C)CC3)CC2)C[C@H]1c1ccc(Cl)c(Cl)c1. The van der Waals surface area contributed by atoms with Crippen LogP contribution in [0.3, 0.4) is 0 Å². The zero-order valence-corrected chi connectivity index (χ0v) is 25.5. The second kappa shape index (κ2) is 11.5. The van der Waals surface area contributed by atoms with Crippen molar-refractivity contribution >= 4 is 52.5 Å². The molecule has 0 aromatic heterocycles. The van der Waals surface area contributed by atoms with Crippen LogP contribution in [0.4, 0.5) is 13.2 Å². The van der Waals surface area contributed by atoms with Gasteiger partial charge in [-0.1, -0.05) is 47.8 Å². The van der Waals surface area contributed by atoms with Gasteiger partial charge in [0.25, 0.3) is 5.91 Å². The van der Waals surface area contributed by atoms with E-state index >= 15 is 0 Å². The molecule has 1 aliphatic carbocycles. The maximum absolute atomic E-state index is 13.7. The van der Waals surface area contributed by atoms with E-state index in [0.29, 0.717) is 42.5 Å². The van der Waals surface area contributed by atoms with Gasteiger partial charge in [0.2, 0.25) is 11.8 Å². The Bertz CT molecular complexity index is 1410. The van der Waals surface area contributed by atoms with Crippen LogP contribution in [-0.2, 0) is 15.8 Å². The molecule has 2 atom stereocenters. The third kappa shape index (κ3) is 6.10. The van der Waals surface area contributed by atoms with Crippen molar-refractivity contribution in [3.63, 3.8) is 0 Å². The van der Waals surface area contributed by atoms with Crippen LogP contribution in [0.2, 0.25) is 15.1 Å². The number of piperidine rings is 1. The summed E-state index contributed by atoms with van der Waals surface area (Å²) in [5, 5.41) is 0.183. The highest BCUT2D eigenvalue weighted by molar-refractivity contribution is 6.42. The Morgan fingerprint density at radius 3 is 2.14 bits per heavy atom. The molecule has 2 aromatic carbocycles. The van der Waals surface area contributed by atoms with Crippen molar-refractivity contribution in [2.24, 2.45) is 11.3 Å². The molecule has 42 heavy (non-hydrogen) atoms. The number of likely N-dealkylation sites (tertiary alicyclic amines) is 2. The molecule has 2 aromatic rings. The van der Waals surface area contributed by atoms with Gasteiger partial charge in [-0.3, -0.25) is 14.4 Å². The van der Waals surface area contributed by atoms with Crippen LogP contribution in [0.1, 0.15) is 60.0 Å². The predicted octanol–water partition coefficient (Wildman–Crippen LogP) is 6.77. The lowest BCUT2D eigenvalue weighted by molar-refractivity contribution is -0.142. The molecule has 0 N–H and O–H groups in total. The van der Waals surface area contributed by atoms with Gasteiger partial charge in [0.15, 0.2) is 0 Å². The van der Waals surface area contributed by atoms with E-state index in [-0.39, 0.29) is 41.2 Å². The first kappa shape index (κ1) is 31.0. The molecule has 0 spiro atoms. The van der Waals surface area contributed by atoms with Crippen molar-refractivity contribution in [3.05, 3.63) is 68.2 Å². The number of amides is 3. The summed E-state index contributed by atoms with van der Waals surface area (Å²) in [5.74, 6) is -1.14. The number of rotatable bonds is 5. The molecule has 2 saturated heterocycles. The van der Waals surface area contributed by atoms with E-state index in [2.05, 4.69) is 0 Å². The fourth-order valence-electron chi connectivity index (χ4n) is 6.03. The second-order valence-electron chi connectivity index (χ2n) is 11.8. The van der Waals surface area contributed by atoms with E-state index in [1.165, 1.54) is 18.0 Å². The molecule has 12 heteroatoms. The Morgan fingerprint density at radius 1 is 0.905 bits per heavy atom. The zero-order valence-electron chi connectivity index (χ0n) is 23.2. The lowest BCUT2D eigenvalue weighted by Gasteiger charge is -2.34. The highest BCUT2D eigenvalue weighted by atomic mass is 35.5. The standard InChI is InChI=1S/C30H31Cl3F3N3O3/c1-29(9-10-29)28(42)38-11-7-17(8-12-38)27(41)39-15-20(18-3-6-23(32)24(33)14-18)25(16-39)37(2)26(40)19-4-5-22(31)21(13-19)30(34,35)36/h3-6,13-14,17,20,25H,7-12,15-16H2,1-2H3/t20-,25+/m0/s1. The zero-order chi connectivity index (χ0) is 30.6. The van der Waals surface area contributed by atoms with Crippen molar-refractivity contribution in [2.75, 3.05) is 33.2 Å². The van der Waals surface area contributed by atoms with Gasteiger partial charge in [-0.15, -0.1) is 0 Å². The Balaban J connectivity index is 1.36. The molecular formula is C30H31Cl3F3N3O3. The Labute approximate surface area is 257 Å². The molecule has 1 saturated carbocycles. The summed E-state index contributed by atoms with van der Waals surface area (Å²) in [5.41, 5.74) is -0.746. The van der Waals surface area contributed by atoms with Gasteiger partial charge in [-0.25, -0.2) is 0 Å². The number of carbonyl (C=O) groups is 3. The average Bonchev–Trinajstić information content (AvgIpc) is 3.55. The van der Waals surface area contributed by atoms with Gasteiger partial charge in [0.05, 0.1) is 26.7 Å². The monoisotopic (exact) mass is 643 g/mol. The summed E-state index contributed by atoms with van der Waals surface area (Å²) in [7, 11) is 1.52. The maximum Gasteiger partial charge on any atom is 0.417 e.